The van der Waals surface area contributed by atoms with E-state index in [1.165, 1.54) is 32.1 Å². The molecule has 0 radical (unpaired) electrons. The second-order valence-electron chi connectivity index (χ2n) is 13.7. The van der Waals surface area contributed by atoms with E-state index in [0.29, 0.717) is 41.8 Å². The number of aromatic carboxylic acids is 1. The third-order valence-corrected chi connectivity index (χ3v) is 10.5. The lowest BCUT2D eigenvalue weighted by molar-refractivity contribution is -0.137. The molecule has 5 heterocycles. The van der Waals surface area contributed by atoms with Crippen LogP contribution in [0.4, 0.5) is 0 Å². The monoisotopic (exact) mass is 668 g/mol. The maximum absolute atomic E-state index is 12.7. The number of nitrogens with one attached hydrogen (secondary N) is 2. The fourth-order valence-corrected chi connectivity index (χ4v) is 7.44. The van der Waals surface area contributed by atoms with Crippen LogP contribution >= 0.6 is 0 Å². The molecule has 8 bridgehead atoms. The predicted octanol–water partition coefficient (Wildman–Crippen LogP) is 9.91. The van der Waals surface area contributed by atoms with Crippen LogP contribution in [0, 0.1) is 20.8 Å². The zero-order valence-electron chi connectivity index (χ0n) is 30.2. The van der Waals surface area contributed by atoms with Crippen LogP contribution in [0.1, 0.15) is 153 Å². The highest BCUT2D eigenvalue weighted by atomic mass is 16.5. The molecular formula is C40H52N4O5. The van der Waals surface area contributed by atoms with E-state index in [2.05, 4.69) is 56.7 Å². The summed E-state index contributed by atoms with van der Waals surface area (Å²) in [7, 11) is 0. The Morgan fingerprint density at radius 3 is 2.22 bits per heavy atom. The number of carboxylic acids is 2. The van der Waals surface area contributed by atoms with Crippen molar-refractivity contribution in [1.82, 2.24) is 19.9 Å². The SMILES string of the molecule is CCCCCCCCOCc1c(C)c2cc3nc(c(C)c4[nH]c(cc5nc(cc1[nH]2)C(C)=C5CC)c(C)c4C(=O)O)[C@@H](CCC(=O)O)[C@@H]3C. The summed E-state index contributed by atoms with van der Waals surface area (Å²) in [6.07, 6.45) is 8.41. The van der Waals surface area contributed by atoms with Gasteiger partial charge in [-0.1, -0.05) is 52.9 Å². The lowest BCUT2D eigenvalue weighted by atomic mass is 9.86. The first-order valence-corrected chi connectivity index (χ1v) is 17.9. The van der Waals surface area contributed by atoms with E-state index in [1.54, 1.807) is 0 Å². The molecule has 0 aliphatic carbocycles. The Hall–Kier alpha value is -4.24. The number of aromatic amines is 2. The van der Waals surface area contributed by atoms with Crippen LogP contribution in [0.15, 0.2) is 18.2 Å². The van der Waals surface area contributed by atoms with Crippen LogP contribution in [0.2, 0.25) is 0 Å². The van der Waals surface area contributed by atoms with E-state index in [0.717, 1.165) is 68.9 Å². The van der Waals surface area contributed by atoms with Gasteiger partial charge in [-0.15, -0.1) is 0 Å². The van der Waals surface area contributed by atoms with Crippen molar-refractivity contribution >= 4 is 45.2 Å². The fraction of sp³-hybridized carbons (Fsp3) is 0.500. The minimum atomic E-state index is -1.03. The summed E-state index contributed by atoms with van der Waals surface area (Å²) in [5.74, 6) is -2.16. The van der Waals surface area contributed by atoms with Crippen LogP contribution < -0.4 is 0 Å². The van der Waals surface area contributed by atoms with Crippen molar-refractivity contribution in [3.63, 3.8) is 0 Å². The van der Waals surface area contributed by atoms with Gasteiger partial charge in [0.15, 0.2) is 0 Å². The van der Waals surface area contributed by atoms with E-state index in [4.69, 9.17) is 14.7 Å². The van der Waals surface area contributed by atoms with E-state index in [1.807, 2.05) is 19.9 Å². The van der Waals surface area contributed by atoms with Gasteiger partial charge >= 0.3 is 11.9 Å². The first kappa shape index (κ1) is 36.1. The zero-order valence-corrected chi connectivity index (χ0v) is 30.2. The minimum Gasteiger partial charge on any atom is -0.481 e. The molecule has 5 rings (SSSR count). The first-order valence-electron chi connectivity index (χ1n) is 17.9. The number of aliphatic carboxylic acids is 1. The number of nitrogens with zero attached hydrogens (tertiary/aromatic N) is 2. The van der Waals surface area contributed by atoms with Gasteiger partial charge in [0.1, 0.15) is 0 Å². The molecule has 0 spiro atoms. The van der Waals surface area contributed by atoms with Crippen molar-refractivity contribution in [3.8, 4) is 0 Å². The molecule has 9 nitrogen and oxygen atoms in total. The molecule has 0 amide bonds. The normalized spacial score (nSPS) is 16.1. The molecule has 2 aliphatic heterocycles. The first-order chi connectivity index (χ1) is 23.5. The highest BCUT2D eigenvalue weighted by Crippen LogP contribution is 2.42. The van der Waals surface area contributed by atoms with Crippen molar-refractivity contribution in [1.29, 1.82) is 0 Å². The van der Waals surface area contributed by atoms with E-state index >= 15 is 0 Å². The van der Waals surface area contributed by atoms with Gasteiger partial charge in [0, 0.05) is 58.4 Å². The molecule has 0 saturated carbocycles. The topological polar surface area (TPSA) is 141 Å². The number of allylic oxidation sites excluding steroid dienone is 2. The third kappa shape index (κ3) is 7.52. The number of fused-ring (bicyclic) bond motifs is 8. The van der Waals surface area contributed by atoms with Crippen LogP contribution in [0.25, 0.3) is 33.2 Å². The number of hydrogen-bond donors (Lipinski definition) is 4. The van der Waals surface area contributed by atoms with Gasteiger partial charge in [0.25, 0.3) is 0 Å². The summed E-state index contributed by atoms with van der Waals surface area (Å²) in [5.41, 5.74) is 12.2. The Morgan fingerprint density at radius 1 is 0.837 bits per heavy atom. The molecule has 3 aromatic heterocycles. The molecule has 3 aromatic rings. The van der Waals surface area contributed by atoms with Crippen LogP contribution in [-0.4, -0.2) is 48.7 Å². The van der Waals surface area contributed by atoms with Crippen LogP contribution in [0.3, 0.4) is 0 Å². The second kappa shape index (κ2) is 15.5. The highest BCUT2D eigenvalue weighted by molar-refractivity contribution is 6.02. The van der Waals surface area contributed by atoms with Gasteiger partial charge in [-0.25, -0.2) is 9.78 Å². The Balaban J connectivity index is 1.75. The Morgan fingerprint density at radius 2 is 1.53 bits per heavy atom. The fourth-order valence-electron chi connectivity index (χ4n) is 7.44. The molecule has 4 N–H and O–H groups in total. The number of unbranched alkanes of at least 4 members (excludes halogenated alkanes) is 5. The Kier molecular flexibility index (Phi) is 11.4. The zero-order chi connectivity index (χ0) is 35.4. The second-order valence-corrected chi connectivity index (χ2v) is 13.7. The molecule has 2 aliphatic rings. The van der Waals surface area contributed by atoms with Gasteiger partial charge < -0.3 is 24.9 Å². The Labute approximate surface area is 289 Å². The van der Waals surface area contributed by atoms with Crippen molar-refractivity contribution in [2.24, 2.45) is 0 Å². The minimum absolute atomic E-state index is 0.00615. The van der Waals surface area contributed by atoms with Gasteiger partial charge in [-0.2, -0.15) is 0 Å². The highest BCUT2D eigenvalue weighted by Gasteiger charge is 2.32. The number of ether oxygens (including phenoxy) is 1. The quantitative estimate of drug-likeness (QED) is 0.125. The van der Waals surface area contributed by atoms with E-state index < -0.39 is 11.9 Å². The molecule has 0 unspecified atom stereocenters. The molecular weight excluding hydrogens is 616 g/mol. The lowest BCUT2D eigenvalue weighted by Gasteiger charge is -2.16. The average molecular weight is 669 g/mol. The smallest absolute Gasteiger partial charge is 0.338 e. The number of H-pyrrole nitrogens is 2. The van der Waals surface area contributed by atoms with Gasteiger partial charge in [-0.3, -0.25) is 9.78 Å². The van der Waals surface area contributed by atoms with Crippen LogP contribution in [-0.2, 0) is 16.1 Å². The third-order valence-electron chi connectivity index (χ3n) is 10.5. The molecule has 49 heavy (non-hydrogen) atoms. The number of carbonyl (C=O) groups is 2. The van der Waals surface area contributed by atoms with E-state index in [-0.39, 0.29) is 23.8 Å². The van der Waals surface area contributed by atoms with Crippen molar-refractivity contribution in [2.75, 3.05) is 6.61 Å². The summed E-state index contributed by atoms with van der Waals surface area (Å²) in [5, 5.41) is 20.0. The number of hydrogen-bond acceptors (Lipinski definition) is 5. The molecule has 9 heteroatoms. The van der Waals surface area contributed by atoms with Crippen molar-refractivity contribution < 1.29 is 24.5 Å². The van der Waals surface area contributed by atoms with Gasteiger partial charge in [0.2, 0.25) is 0 Å². The molecule has 0 fully saturated rings. The predicted molar refractivity (Wildman–Crippen MR) is 196 cm³/mol. The summed E-state index contributed by atoms with van der Waals surface area (Å²) < 4.78 is 6.27. The summed E-state index contributed by atoms with van der Waals surface area (Å²) in [4.78, 5) is 41.7. The van der Waals surface area contributed by atoms with E-state index in [9.17, 15) is 19.8 Å². The molecule has 0 saturated heterocycles. The number of rotatable bonds is 14. The molecule has 2 atom stereocenters. The standard InChI is InChI=1S/C40H52N4O5/c1-8-10-11-12-13-14-17-49-21-29-24(5)30-18-32-23(4)28(15-16-36(45)46)38(43-32)26(7)39-37(40(47)48)25(6)33(44-39)20-34-27(9-2)22(3)31(41-34)19-35(29)42-30/h18-20,23,28,42,44H,8-17,21H2,1-7H3,(H,45,46)(H,47,48)/t23-,28-/m0/s1. The van der Waals surface area contributed by atoms with Crippen LogP contribution in [0.5, 0.6) is 0 Å². The lowest BCUT2D eigenvalue weighted by Crippen LogP contribution is -2.07. The largest absolute Gasteiger partial charge is 0.481 e. The van der Waals surface area contributed by atoms with Gasteiger partial charge in [-0.05, 0) is 93.0 Å². The maximum Gasteiger partial charge on any atom is 0.338 e. The summed E-state index contributed by atoms with van der Waals surface area (Å²) >= 11 is 0. The van der Waals surface area contributed by atoms with Crippen molar-refractivity contribution in [3.05, 3.63) is 68.8 Å². The number of carboxylic acid groups (broad SMARTS) is 2. The summed E-state index contributed by atoms with van der Waals surface area (Å²) in [6.45, 7) is 15.5. The average Bonchev–Trinajstić information content (AvgIpc) is 3.74. The maximum atomic E-state index is 12.7. The summed E-state index contributed by atoms with van der Waals surface area (Å²) in [6, 6.07) is 6.13. The van der Waals surface area contributed by atoms with Gasteiger partial charge in [0.05, 0.1) is 29.1 Å². The number of aryl methyl sites for hydroxylation is 3. The molecule has 262 valence electrons. The molecule has 0 aromatic carbocycles. The number of aromatic nitrogens is 4. The Bertz CT molecular complexity index is 1930. The van der Waals surface area contributed by atoms with Crippen molar-refractivity contribution in [2.45, 2.75) is 125 Å².